The summed E-state index contributed by atoms with van der Waals surface area (Å²) in [5, 5.41) is 3.17. The van der Waals surface area contributed by atoms with Gasteiger partial charge in [0.2, 0.25) is 0 Å². The summed E-state index contributed by atoms with van der Waals surface area (Å²) in [5.74, 6) is -0.202. The molecule has 0 aromatic heterocycles. The van der Waals surface area contributed by atoms with Crippen LogP contribution in [0.5, 0.6) is 0 Å². The molecule has 0 spiro atoms. The van der Waals surface area contributed by atoms with E-state index in [4.69, 9.17) is 5.73 Å². The number of hydrogen-bond acceptors (Lipinski definition) is 6. The third-order valence-electron chi connectivity index (χ3n) is 3.41. The molecule has 1 atom stereocenters. The first-order valence-electron chi connectivity index (χ1n) is 6.21. The number of ether oxygens (including phenoxy) is 1. The summed E-state index contributed by atoms with van der Waals surface area (Å²) in [6, 6.07) is 4.77. The van der Waals surface area contributed by atoms with E-state index in [1.807, 2.05) is 6.92 Å². The molecule has 0 aliphatic carbocycles. The molecular weight excluding hydrogens is 280 g/mol. The summed E-state index contributed by atoms with van der Waals surface area (Å²) in [6.07, 6.45) is 0.535. The number of carbonyl (C=O) groups excluding carboxylic acids is 1. The lowest BCUT2D eigenvalue weighted by Gasteiger charge is -2.26. The van der Waals surface area contributed by atoms with Crippen molar-refractivity contribution >= 4 is 27.2 Å². The molecule has 7 heteroatoms. The first-order valence-corrected chi connectivity index (χ1v) is 8.03. The Labute approximate surface area is 118 Å². The van der Waals surface area contributed by atoms with Gasteiger partial charge in [-0.25, -0.2) is 13.2 Å². The highest BCUT2D eigenvalue weighted by Crippen LogP contribution is 2.30. The third-order valence-corrected chi connectivity index (χ3v) is 5.32. The summed E-state index contributed by atoms with van der Waals surface area (Å²) < 4.78 is 27.8. The third kappa shape index (κ3) is 3.04. The fraction of sp³-hybridized carbons (Fsp3) is 0.462. The lowest BCUT2D eigenvalue weighted by molar-refractivity contribution is 0.0601. The van der Waals surface area contributed by atoms with Crippen LogP contribution in [0.15, 0.2) is 18.2 Å². The molecule has 0 bridgehead atoms. The van der Waals surface area contributed by atoms with E-state index < -0.39 is 21.3 Å². The fourth-order valence-electron chi connectivity index (χ4n) is 2.36. The maximum Gasteiger partial charge on any atom is 0.337 e. The molecule has 1 unspecified atom stereocenters. The van der Waals surface area contributed by atoms with E-state index in [1.165, 1.54) is 13.2 Å². The maximum atomic E-state index is 11.6. The van der Waals surface area contributed by atoms with E-state index in [9.17, 15) is 13.2 Å². The number of nitrogens with two attached hydrogens (primary N) is 1. The van der Waals surface area contributed by atoms with Crippen LogP contribution in [0.3, 0.4) is 0 Å². The van der Waals surface area contributed by atoms with Gasteiger partial charge in [-0.1, -0.05) is 0 Å². The summed E-state index contributed by atoms with van der Waals surface area (Å²) in [5.41, 5.74) is 6.74. The average molecular weight is 298 g/mol. The second kappa shape index (κ2) is 4.97. The highest BCUT2D eigenvalue weighted by atomic mass is 32.2. The van der Waals surface area contributed by atoms with E-state index in [2.05, 4.69) is 10.1 Å². The molecular formula is C13H18N2O4S. The van der Waals surface area contributed by atoms with Gasteiger partial charge in [-0.05, 0) is 31.5 Å². The maximum absolute atomic E-state index is 11.6. The normalized spacial score (nSPS) is 24.3. The summed E-state index contributed by atoms with van der Waals surface area (Å²) >= 11 is 0. The Morgan fingerprint density at radius 3 is 2.65 bits per heavy atom. The van der Waals surface area contributed by atoms with E-state index in [0.29, 0.717) is 23.4 Å². The van der Waals surface area contributed by atoms with Crippen molar-refractivity contribution in [3.63, 3.8) is 0 Å². The molecule has 2 rings (SSSR count). The number of sulfone groups is 1. The van der Waals surface area contributed by atoms with E-state index >= 15 is 0 Å². The number of hydrogen-bond donors (Lipinski definition) is 2. The Bertz CT molecular complexity index is 642. The molecule has 1 aromatic rings. The topological polar surface area (TPSA) is 98.5 Å². The monoisotopic (exact) mass is 298 g/mol. The van der Waals surface area contributed by atoms with Crippen LogP contribution in [0.2, 0.25) is 0 Å². The molecule has 6 nitrogen and oxygen atoms in total. The predicted molar refractivity (Wildman–Crippen MR) is 77.5 cm³/mol. The smallest absolute Gasteiger partial charge is 0.337 e. The summed E-state index contributed by atoms with van der Waals surface area (Å²) in [6.45, 7) is 1.85. The van der Waals surface area contributed by atoms with Crippen molar-refractivity contribution < 1.29 is 17.9 Å². The molecule has 20 heavy (non-hydrogen) atoms. The zero-order valence-corrected chi connectivity index (χ0v) is 12.3. The summed E-state index contributed by atoms with van der Waals surface area (Å²) in [4.78, 5) is 11.4. The van der Waals surface area contributed by atoms with Gasteiger partial charge in [0, 0.05) is 5.54 Å². The fourth-order valence-corrected chi connectivity index (χ4v) is 4.45. The number of esters is 1. The number of nitrogens with one attached hydrogen (secondary N) is 1. The number of anilines is 2. The molecule has 0 amide bonds. The van der Waals surface area contributed by atoms with Crippen LogP contribution in [0.25, 0.3) is 0 Å². The van der Waals surface area contributed by atoms with Crippen molar-refractivity contribution in [2.24, 2.45) is 0 Å². The molecule has 0 radical (unpaired) electrons. The van der Waals surface area contributed by atoms with Crippen molar-refractivity contribution in [3.05, 3.63) is 23.8 Å². The minimum absolute atomic E-state index is 0.0815. The minimum Gasteiger partial charge on any atom is -0.465 e. The van der Waals surface area contributed by atoms with Crippen LogP contribution in [-0.2, 0) is 14.6 Å². The molecule has 110 valence electrons. The second-order valence-electron chi connectivity index (χ2n) is 5.32. The second-order valence-corrected chi connectivity index (χ2v) is 7.51. The molecule has 1 aromatic carbocycles. The van der Waals surface area contributed by atoms with Crippen molar-refractivity contribution in [2.45, 2.75) is 18.9 Å². The van der Waals surface area contributed by atoms with Crippen molar-refractivity contribution in [1.29, 1.82) is 0 Å². The quantitative estimate of drug-likeness (QED) is 0.639. The zero-order valence-electron chi connectivity index (χ0n) is 11.5. The van der Waals surface area contributed by atoms with Gasteiger partial charge >= 0.3 is 5.97 Å². The molecule has 1 heterocycles. The standard InChI is InChI=1S/C13H18N2O4S/c1-13(5-6-20(17,18)8-13)15-11-4-3-9(7-10(11)14)12(16)19-2/h3-4,7,15H,5-6,8,14H2,1-2H3. The number of carbonyl (C=O) groups is 1. The first-order chi connectivity index (χ1) is 9.25. The lowest BCUT2D eigenvalue weighted by atomic mass is 10.0. The van der Waals surface area contributed by atoms with Gasteiger partial charge in [-0.3, -0.25) is 0 Å². The van der Waals surface area contributed by atoms with E-state index in [0.717, 1.165) is 0 Å². The predicted octanol–water partition coefficient (Wildman–Crippen LogP) is 1.04. The average Bonchev–Trinajstić information content (AvgIpc) is 2.65. The number of benzene rings is 1. The van der Waals surface area contributed by atoms with Gasteiger partial charge in [0.05, 0.1) is 35.6 Å². The Hall–Kier alpha value is -1.76. The molecule has 1 saturated heterocycles. The van der Waals surface area contributed by atoms with Crippen LogP contribution in [0.1, 0.15) is 23.7 Å². The zero-order chi connectivity index (χ0) is 15.0. The highest BCUT2D eigenvalue weighted by molar-refractivity contribution is 7.91. The largest absolute Gasteiger partial charge is 0.465 e. The van der Waals surface area contributed by atoms with Gasteiger partial charge in [0.25, 0.3) is 0 Å². The number of methoxy groups -OCH3 is 1. The van der Waals surface area contributed by atoms with Crippen LogP contribution in [0.4, 0.5) is 11.4 Å². The Kier molecular flexibility index (Phi) is 3.64. The first kappa shape index (κ1) is 14.6. The van der Waals surface area contributed by atoms with Gasteiger partial charge in [-0.15, -0.1) is 0 Å². The van der Waals surface area contributed by atoms with E-state index in [1.54, 1.807) is 12.1 Å². The van der Waals surface area contributed by atoms with E-state index in [-0.39, 0.29) is 11.5 Å². The minimum atomic E-state index is -2.99. The van der Waals surface area contributed by atoms with Crippen LogP contribution in [0, 0.1) is 0 Å². The van der Waals surface area contributed by atoms with Gasteiger partial charge in [0.15, 0.2) is 9.84 Å². The Morgan fingerprint density at radius 1 is 1.45 bits per heavy atom. The Morgan fingerprint density at radius 2 is 2.15 bits per heavy atom. The highest BCUT2D eigenvalue weighted by Gasteiger charge is 2.38. The molecule has 3 N–H and O–H groups in total. The van der Waals surface area contributed by atoms with Crippen molar-refractivity contribution in [1.82, 2.24) is 0 Å². The van der Waals surface area contributed by atoms with Crippen LogP contribution < -0.4 is 11.1 Å². The van der Waals surface area contributed by atoms with Gasteiger partial charge < -0.3 is 15.8 Å². The number of nitrogen functional groups attached to an aromatic ring is 1. The molecule has 1 fully saturated rings. The lowest BCUT2D eigenvalue weighted by Crippen LogP contribution is -2.36. The molecule has 1 aliphatic rings. The number of rotatable bonds is 3. The van der Waals surface area contributed by atoms with Crippen LogP contribution >= 0.6 is 0 Å². The molecule has 0 saturated carbocycles. The summed E-state index contributed by atoms with van der Waals surface area (Å²) in [7, 11) is -1.69. The molecule has 1 aliphatic heterocycles. The van der Waals surface area contributed by atoms with Crippen molar-refractivity contribution in [2.75, 3.05) is 29.7 Å². The van der Waals surface area contributed by atoms with Crippen LogP contribution in [-0.4, -0.2) is 38.5 Å². The van der Waals surface area contributed by atoms with Gasteiger partial charge in [0.1, 0.15) is 0 Å². The van der Waals surface area contributed by atoms with Gasteiger partial charge in [-0.2, -0.15) is 0 Å². The van der Waals surface area contributed by atoms with Crippen molar-refractivity contribution in [3.8, 4) is 0 Å². The Balaban J connectivity index is 2.21. The SMILES string of the molecule is COC(=O)c1ccc(NC2(C)CCS(=O)(=O)C2)c(N)c1.